The summed E-state index contributed by atoms with van der Waals surface area (Å²) in [6.45, 7) is 3.95. The maximum Gasteiger partial charge on any atom is 0.172 e. The van der Waals surface area contributed by atoms with Gasteiger partial charge in [0, 0.05) is 30.2 Å². The van der Waals surface area contributed by atoms with E-state index in [0.717, 1.165) is 16.8 Å². The van der Waals surface area contributed by atoms with Gasteiger partial charge in [-0.25, -0.2) is 0 Å². The van der Waals surface area contributed by atoms with Crippen LogP contribution in [0.15, 0.2) is 61.2 Å². The first kappa shape index (κ1) is 17.7. The van der Waals surface area contributed by atoms with E-state index >= 15 is 0 Å². The molecule has 0 saturated heterocycles. The molecule has 4 aromatic rings. The molecule has 7 nitrogen and oxygen atoms in total. The molecule has 0 aliphatic rings. The Kier molecular flexibility index (Phi) is 4.49. The standard InChI is InChI=1S/C21H19N5O2/c1-13(2)16-9-17(19(28)10-18(16)27)21-25-24-20(14-5-3-7-22-11-14)26(21)15-6-4-8-23-12-15/h3-13,27-28H,1-2H3. The lowest BCUT2D eigenvalue weighted by molar-refractivity contribution is 0.444. The minimum absolute atomic E-state index is 0.0520. The zero-order valence-corrected chi connectivity index (χ0v) is 15.5. The van der Waals surface area contributed by atoms with Gasteiger partial charge < -0.3 is 10.2 Å². The van der Waals surface area contributed by atoms with E-state index in [2.05, 4.69) is 20.2 Å². The lowest BCUT2D eigenvalue weighted by Crippen LogP contribution is -2.02. The third-order valence-electron chi connectivity index (χ3n) is 4.49. The number of aromatic nitrogens is 5. The number of benzene rings is 1. The van der Waals surface area contributed by atoms with Crippen molar-refractivity contribution in [1.82, 2.24) is 24.7 Å². The smallest absolute Gasteiger partial charge is 0.172 e. The predicted molar refractivity (Wildman–Crippen MR) is 105 cm³/mol. The highest BCUT2D eigenvalue weighted by atomic mass is 16.3. The molecule has 0 aliphatic carbocycles. The summed E-state index contributed by atoms with van der Waals surface area (Å²) in [5.74, 6) is 1.08. The van der Waals surface area contributed by atoms with Gasteiger partial charge >= 0.3 is 0 Å². The molecule has 28 heavy (non-hydrogen) atoms. The van der Waals surface area contributed by atoms with Gasteiger partial charge in [0.05, 0.1) is 17.4 Å². The fraction of sp³-hybridized carbons (Fsp3) is 0.143. The molecule has 0 aliphatic heterocycles. The number of phenolic OH excluding ortho intramolecular Hbond substituents is 2. The Hall–Kier alpha value is -3.74. The second-order valence-corrected chi connectivity index (χ2v) is 6.72. The highest BCUT2D eigenvalue weighted by molar-refractivity contribution is 5.72. The highest BCUT2D eigenvalue weighted by Gasteiger charge is 2.21. The molecule has 0 unspecified atom stereocenters. The molecule has 0 spiro atoms. The van der Waals surface area contributed by atoms with Crippen molar-refractivity contribution in [3.63, 3.8) is 0 Å². The van der Waals surface area contributed by atoms with Crippen molar-refractivity contribution < 1.29 is 10.2 Å². The van der Waals surface area contributed by atoms with E-state index in [-0.39, 0.29) is 17.4 Å². The number of pyridine rings is 2. The van der Waals surface area contributed by atoms with Gasteiger partial charge in [-0.15, -0.1) is 10.2 Å². The molecule has 0 bridgehead atoms. The topological polar surface area (TPSA) is 97.0 Å². The first-order valence-corrected chi connectivity index (χ1v) is 8.88. The van der Waals surface area contributed by atoms with E-state index in [1.54, 1.807) is 30.9 Å². The van der Waals surface area contributed by atoms with Crippen molar-refractivity contribution in [2.24, 2.45) is 0 Å². The van der Waals surface area contributed by atoms with Crippen LogP contribution in [-0.4, -0.2) is 34.9 Å². The van der Waals surface area contributed by atoms with Gasteiger partial charge in [-0.05, 0) is 41.8 Å². The average Bonchev–Trinajstić information content (AvgIpc) is 3.14. The maximum absolute atomic E-state index is 10.5. The summed E-state index contributed by atoms with van der Waals surface area (Å²) in [6.07, 6.45) is 6.78. The fourth-order valence-corrected chi connectivity index (χ4v) is 3.11. The highest BCUT2D eigenvalue weighted by Crippen LogP contribution is 2.39. The molecule has 0 fully saturated rings. The Labute approximate surface area is 162 Å². The minimum atomic E-state index is -0.0721. The summed E-state index contributed by atoms with van der Waals surface area (Å²) in [7, 11) is 0. The molecule has 0 radical (unpaired) electrons. The zero-order chi connectivity index (χ0) is 19.7. The molecule has 7 heteroatoms. The predicted octanol–water partition coefficient (Wildman–Crippen LogP) is 3.93. The summed E-state index contributed by atoms with van der Waals surface area (Å²) in [5.41, 5.74) is 2.73. The third-order valence-corrected chi connectivity index (χ3v) is 4.49. The lowest BCUT2D eigenvalue weighted by Gasteiger charge is -2.14. The molecule has 0 amide bonds. The van der Waals surface area contributed by atoms with E-state index in [4.69, 9.17) is 0 Å². The van der Waals surface area contributed by atoms with Crippen molar-refractivity contribution in [3.05, 3.63) is 66.7 Å². The largest absolute Gasteiger partial charge is 0.508 e. The molecule has 2 N–H and O–H groups in total. The van der Waals surface area contributed by atoms with Crippen molar-refractivity contribution in [2.75, 3.05) is 0 Å². The second-order valence-electron chi connectivity index (χ2n) is 6.72. The number of nitrogens with zero attached hydrogens (tertiary/aromatic N) is 5. The Morgan fingerprint density at radius 2 is 1.57 bits per heavy atom. The third kappa shape index (κ3) is 3.07. The van der Waals surface area contributed by atoms with Crippen LogP contribution < -0.4 is 0 Å². The van der Waals surface area contributed by atoms with E-state index in [1.165, 1.54) is 6.07 Å². The average molecular weight is 373 g/mol. The normalized spacial score (nSPS) is 11.1. The monoisotopic (exact) mass is 373 g/mol. The van der Waals surface area contributed by atoms with Crippen LogP contribution in [0.5, 0.6) is 11.5 Å². The SMILES string of the molecule is CC(C)c1cc(-c2nnc(-c3cccnc3)n2-c2cccnc2)c(O)cc1O. The van der Waals surface area contributed by atoms with Crippen LogP contribution in [0.4, 0.5) is 0 Å². The summed E-state index contributed by atoms with van der Waals surface area (Å²) in [5, 5.41) is 29.4. The molecule has 3 aromatic heterocycles. The van der Waals surface area contributed by atoms with Crippen LogP contribution in [0, 0.1) is 0 Å². The summed E-state index contributed by atoms with van der Waals surface area (Å²) in [4.78, 5) is 8.36. The number of hydrogen-bond acceptors (Lipinski definition) is 6. The first-order chi connectivity index (χ1) is 13.6. The zero-order valence-electron chi connectivity index (χ0n) is 15.5. The fourth-order valence-electron chi connectivity index (χ4n) is 3.11. The summed E-state index contributed by atoms with van der Waals surface area (Å²) < 4.78 is 1.82. The maximum atomic E-state index is 10.5. The Balaban J connectivity index is 1.99. The van der Waals surface area contributed by atoms with Crippen LogP contribution in [0.2, 0.25) is 0 Å². The van der Waals surface area contributed by atoms with Gasteiger partial charge in [-0.3, -0.25) is 14.5 Å². The van der Waals surface area contributed by atoms with Crippen LogP contribution in [0.25, 0.3) is 28.5 Å². The molecule has 3 heterocycles. The molecule has 4 rings (SSSR count). The van der Waals surface area contributed by atoms with Gasteiger partial charge in [0.25, 0.3) is 0 Å². The summed E-state index contributed by atoms with van der Waals surface area (Å²) >= 11 is 0. The van der Waals surface area contributed by atoms with Crippen molar-refractivity contribution in [1.29, 1.82) is 0 Å². The van der Waals surface area contributed by atoms with Gasteiger partial charge in [0.1, 0.15) is 11.5 Å². The minimum Gasteiger partial charge on any atom is -0.508 e. The molecule has 0 atom stereocenters. The van der Waals surface area contributed by atoms with Crippen molar-refractivity contribution in [3.8, 4) is 40.0 Å². The quantitative estimate of drug-likeness (QED) is 0.563. The molecule has 140 valence electrons. The van der Waals surface area contributed by atoms with E-state index in [0.29, 0.717) is 17.2 Å². The number of hydrogen-bond donors (Lipinski definition) is 2. The summed E-state index contributed by atoms with van der Waals surface area (Å²) in [6, 6.07) is 10.5. The lowest BCUT2D eigenvalue weighted by atomic mass is 9.98. The van der Waals surface area contributed by atoms with Crippen molar-refractivity contribution >= 4 is 0 Å². The van der Waals surface area contributed by atoms with E-state index in [9.17, 15) is 10.2 Å². The van der Waals surface area contributed by atoms with Crippen LogP contribution >= 0.6 is 0 Å². The first-order valence-electron chi connectivity index (χ1n) is 8.88. The molecule has 0 saturated carbocycles. The Morgan fingerprint density at radius 1 is 0.857 bits per heavy atom. The number of aromatic hydroxyl groups is 2. The van der Waals surface area contributed by atoms with Crippen LogP contribution in [0.1, 0.15) is 25.3 Å². The van der Waals surface area contributed by atoms with Crippen molar-refractivity contribution in [2.45, 2.75) is 19.8 Å². The molecule has 1 aromatic carbocycles. The van der Waals surface area contributed by atoms with E-state index in [1.807, 2.05) is 42.7 Å². The number of rotatable bonds is 4. The molecular weight excluding hydrogens is 354 g/mol. The van der Waals surface area contributed by atoms with Gasteiger partial charge in [-0.2, -0.15) is 0 Å². The van der Waals surface area contributed by atoms with Gasteiger partial charge in [0.15, 0.2) is 11.6 Å². The van der Waals surface area contributed by atoms with Gasteiger partial charge in [0.2, 0.25) is 0 Å². The van der Waals surface area contributed by atoms with Gasteiger partial charge in [-0.1, -0.05) is 13.8 Å². The van der Waals surface area contributed by atoms with Crippen LogP contribution in [0.3, 0.4) is 0 Å². The Morgan fingerprint density at radius 3 is 2.21 bits per heavy atom. The van der Waals surface area contributed by atoms with E-state index < -0.39 is 0 Å². The molecular formula is C21H19N5O2. The second kappa shape index (κ2) is 7.11. The van der Waals surface area contributed by atoms with Crippen LogP contribution in [-0.2, 0) is 0 Å². The Bertz CT molecular complexity index is 1110. The number of phenols is 2.